The van der Waals surface area contributed by atoms with Gasteiger partial charge in [0, 0.05) is 24.4 Å². The Kier molecular flexibility index (Phi) is 6.83. The maximum Gasteiger partial charge on any atom is 0.290 e. The lowest BCUT2D eigenvalue weighted by Crippen LogP contribution is -2.53. The van der Waals surface area contributed by atoms with Gasteiger partial charge in [-0.25, -0.2) is 0 Å². The Bertz CT molecular complexity index is 1100. The van der Waals surface area contributed by atoms with Gasteiger partial charge in [-0.3, -0.25) is 14.5 Å². The third kappa shape index (κ3) is 4.81. The second-order valence-electron chi connectivity index (χ2n) is 9.39. The van der Waals surface area contributed by atoms with Crippen LogP contribution in [0.1, 0.15) is 52.4 Å². The second-order valence-corrected chi connectivity index (χ2v) is 10.4. The average Bonchev–Trinajstić information content (AvgIpc) is 3.59. The summed E-state index contributed by atoms with van der Waals surface area (Å²) >= 11 is 1.74. The number of hydrogen-bond donors (Lipinski definition) is 1. The molecule has 0 aliphatic carbocycles. The van der Waals surface area contributed by atoms with Gasteiger partial charge in [-0.15, -0.1) is 11.3 Å². The van der Waals surface area contributed by atoms with Crippen LogP contribution in [0.5, 0.6) is 0 Å². The fraction of sp³-hybridized carbons (Fsp3) is 0.407. The average molecular weight is 478 g/mol. The molecule has 0 spiro atoms. The molecule has 1 N–H and O–H groups in total. The van der Waals surface area contributed by atoms with Gasteiger partial charge in [0.1, 0.15) is 6.04 Å². The summed E-state index contributed by atoms with van der Waals surface area (Å²) in [6.45, 7) is 5.32. The van der Waals surface area contributed by atoms with E-state index in [4.69, 9.17) is 4.42 Å². The van der Waals surface area contributed by atoms with Crippen LogP contribution in [0.3, 0.4) is 0 Å². The lowest BCUT2D eigenvalue weighted by molar-refractivity contribution is -0.126. The van der Waals surface area contributed by atoms with E-state index < -0.39 is 6.04 Å². The number of carbonyl (C=O) groups excluding carboxylic acids is 2. The van der Waals surface area contributed by atoms with Crippen molar-refractivity contribution in [2.45, 2.75) is 44.8 Å². The zero-order chi connectivity index (χ0) is 23.5. The van der Waals surface area contributed by atoms with Crippen molar-refractivity contribution in [1.29, 1.82) is 0 Å². The fourth-order valence-electron chi connectivity index (χ4n) is 5.06. The van der Waals surface area contributed by atoms with E-state index in [0.717, 1.165) is 30.1 Å². The van der Waals surface area contributed by atoms with Crippen molar-refractivity contribution in [1.82, 2.24) is 15.1 Å². The lowest BCUT2D eigenvalue weighted by Gasteiger charge is -2.38. The van der Waals surface area contributed by atoms with Crippen LogP contribution in [0.2, 0.25) is 0 Å². The van der Waals surface area contributed by atoms with Crippen molar-refractivity contribution in [3.63, 3.8) is 0 Å². The number of carbonyl (C=O) groups is 2. The molecule has 34 heavy (non-hydrogen) atoms. The van der Waals surface area contributed by atoms with Gasteiger partial charge in [0.25, 0.3) is 5.91 Å². The third-order valence-corrected chi connectivity index (χ3v) is 8.12. The monoisotopic (exact) mass is 477 g/mol. The minimum Gasteiger partial charge on any atom is -0.459 e. The molecular formula is C27H31N3O3S. The minimum absolute atomic E-state index is 0.110. The molecule has 3 aromatic rings. The van der Waals surface area contributed by atoms with Crippen molar-refractivity contribution in [3.8, 4) is 0 Å². The summed E-state index contributed by atoms with van der Waals surface area (Å²) in [5.74, 6) is 0.648. The Morgan fingerprint density at radius 2 is 1.88 bits per heavy atom. The van der Waals surface area contributed by atoms with E-state index in [-0.39, 0.29) is 23.6 Å². The molecular weight excluding hydrogens is 446 g/mol. The van der Waals surface area contributed by atoms with Crippen LogP contribution < -0.4 is 5.32 Å². The Hall–Kier alpha value is -2.90. The molecule has 0 saturated carbocycles. The summed E-state index contributed by atoms with van der Waals surface area (Å²) in [6, 6.07) is 15.2. The summed E-state index contributed by atoms with van der Waals surface area (Å²) in [7, 11) is 0. The maximum absolute atomic E-state index is 13.6. The molecule has 2 amide bonds. The van der Waals surface area contributed by atoms with Gasteiger partial charge >= 0.3 is 0 Å². The molecule has 1 fully saturated rings. The summed E-state index contributed by atoms with van der Waals surface area (Å²) in [5, 5.41) is 5.31. The van der Waals surface area contributed by atoms with Crippen LogP contribution in [0.15, 0.2) is 64.6 Å². The van der Waals surface area contributed by atoms with Gasteiger partial charge in [0.05, 0.1) is 12.3 Å². The Balaban J connectivity index is 1.34. The molecule has 1 saturated heterocycles. The number of rotatable bonds is 6. The first-order chi connectivity index (χ1) is 16.6. The first-order valence-electron chi connectivity index (χ1n) is 12.1. The Morgan fingerprint density at radius 3 is 2.59 bits per heavy atom. The number of piperidine rings is 1. The van der Waals surface area contributed by atoms with Crippen LogP contribution in [0, 0.1) is 5.92 Å². The van der Waals surface area contributed by atoms with E-state index >= 15 is 0 Å². The maximum atomic E-state index is 13.6. The van der Waals surface area contributed by atoms with Crippen LogP contribution in [-0.2, 0) is 17.8 Å². The highest BCUT2D eigenvalue weighted by molar-refractivity contribution is 7.10. The van der Waals surface area contributed by atoms with Gasteiger partial charge in [0.2, 0.25) is 5.91 Å². The number of likely N-dealkylation sites (tertiary alicyclic amines) is 1. The fourth-order valence-corrected chi connectivity index (χ4v) is 5.92. The van der Waals surface area contributed by atoms with Crippen molar-refractivity contribution < 1.29 is 14.0 Å². The molecule has 0 radical (unpaired) electrons. The van der Waals surface area contributed by atoms with Crippen LogP contribution in [0.4, 0.5) is 0 Å². The number of benzene rings is 1. The van der Waals surface area contributed by atoms with Gasteiger partial charge in [-0.1, -0.05) is 37.3 Å². The summed E-state index contributed by atoms with van der Waals surface area (Å²) in [6.07, 6.45) is 4.35. The first kappa shape index (κ1) is 22.9. The Morgan fingerprint density at radius 1 is 1.09 bits per heavy atom. The molecule has 7 heteroatoms. The molecule has 5 rings (SSSR count). The number of furan rings is 1. The number of nitrogens with zero attached hydrogens (tertiary/aromatic N) is 2. The summed E-state index contributed by atoms with van der Waals surface area (Å²) in [5.41, 5.74) is 2.19. The second kappa shape index (κ2) is 10.2. The van der Waals surface area contributed by atoms with Crippen molar-refractivity contribution in [2.24, 2.45) is 5.92 Å². The summed E-state index contributed by atoms with van der Waals surface area (Å²) < 4.78 is 5.37. The van der Waals surface area contributed by atoms with Crippen LogP contribution in [0.25, 0.3) is 0 Å². The third-order valence-electron chi connectivity index (χ3n) is 7.14. The zero-order valence-electron chi connectivity index (χ0n) is 19.5. The van der Waals surface area contributed by atoms with E-state index in [1.807, 2.05) is 24.3 Å². The molecule has 2 atom stereocenters. The van der Waals surface area contributed by atoms with E-state index in [1.165, 1.54) is 24.0 Å². The van der Waals surface area contributed by atoms with Crippen molar-refractivity contribution in [3.05, 3.63) is 81.9 Å². The Labute approximate surface area is 204 Å². The number of nitrogens with one attached hydrogen (secondary N) is 1. The minimum atomic E-state index is -0.571. The highest BCUT2D eigenvalue weighted by Crippen LogP contribution is 2.30. The normalized spacial score (nSPS) is 20.0. The van der Waals surface area contributed by atoms with Crippen LogP contribution in [-0.4, -0.2) is 47.3 Å². The topological polar surface area (TPSA) is 65.8 Å². The standard InChI is InChI=1S/C27H31N3O3S/c1-19-10-12-29(13-11-19)23(25-9-5-15-34-25)17-28-26(31)22-16-20-6-2-3-7-21(20)18-30(22)27(32)24-8-4-14-33-24/h2-9,14-15,19,22-23H,10-13,16-18H2,1H3,(H,28,31). The lowest BCUT2D eigenvalue weighted by atomic mass is 9.93. The quantitative estimate of drug-likeness (QED) is 0.568. The number of hydrogen-bond acceptors (Lipinski definition) is 5. The number of thiophene rings is 1. The van der Waals surface area contributed by atoms with Gasteiger partial charge in [-0.05, 0) is 66.6 Å². The van der Waals surface area contributed by atoms with Crippen molar-refractivity contribution in [2.75, 3.05) is 19.6 Å². The van der Waals surface area contributed by atoms with Gasteiger partial charge in [0.15, 0.2) is 5.76 Å². The molecule has 2 unspecified atom stereocenters. The van der Waals surface area contributed by atoms with E-state index in [2.05, 4.69) is 34.7 Å². The molecule has 2 aliphatic rings. The molecule has 4 heterocycles. The van der Waals surface area contributed by atoms with E-state index in [9.17, 15) is 9.59 Å². The predicted octanol–water partition coefficient (Wildman–Crippen LogP) is 4.50. The van der Waals surface area contributed by atoms with Crippen molar-refractivity contribution >= 4 is 23.2 Å². The SMILES string of the molecule is CC1CCN(C(CNC(=O)C2Cc3ccccc3CN2C(=O)c2ccco2)c2cccs2)CC1. The predicted molar refractivity (Wildman–Crippen MR) is 133 cm³/mol. The van der Waals surface area contributed by atoms with Gasteiger partial charge in [-0.2, -0.15) is 0 Å². The zero-order valence-corrected chi connectivity index (χ0v) is 20.3. The van der Waals surface area contributed by atoms with Crippen LogP contribution >= 0.6 is 11.3 Å². The van der Waals surface area contributed by atoms with E-state index in [0.29, 0.717) is 19.5 Å². The number of amides is 2. The molecule has 2 aliphatic heterocycles. The highest BCUT2D eigenvalue weighted by Gasteiger charge is 2.36. The van der Waals surface area contributed by atoms with Gasteiger partial charge < -0.3 is 14.6 Å². The molecule has 2 aromatic heterocycles. The smallest absolute Gasteiger partial charge is 0.290 e. The highest BCUT2D eigenvalue weighted by atomic mass is 32.1. The largest absolute Gasteiger partial charge is 0.459 e. The molecule has 1 aromatic carbocycles. The summed E-state index contributed by atoms with van der Waals surface area (Å²) in [4.78, 5) is 32.2. The molecule has 6 nitrogen and oxygen atoms in total. The number of fused-ring (bicyclic) bond motifs is 1. The molecule has 178 valence electrons. The molecule has 0 bridgehead atoms. The van der Waals surface area contributed by atoms with E-state index in [1.54, 1.807) is 28.4 Å². The first-order valence-corrected chi connectivity index (χ1v) is 12.9.